The third kappa shape index (κ3) is 5.08. The van der Waals surface area contributed by atoms with Gasteiger partial charge >= 0.3 is 0 Å². The van der Waals surface area contributed by atoms with E-state index in [1.165, 1.54) is 12.1 Å². The molecule has 0 aliphatic carbocycles. The van der Waals surface area contributed by atoms with Crippen LogP contribution >= 0.6 is 11.6 Å². The fraction of sp³-hybridized carbons (Fsp3) is 0.148. The fourth-order valence-corrected chi connectivity index (χ4v) is 3.99. The molecule has 0 aliphatic rings. The SMILES string of the molecule is Cc1cc(-c2nc3cc(C(=O)NCCCc4ncc[nH]4)ccc3nc2-c2ccc(F)cc2)cnc1Cl. The number of nitrogens with zero attached hydrogens (tertiary/aromatic N) is 4. The van der Waals surface area contributed by atoms with E-state index in [4.69, 9.17) is 21.6 Å². The lowest BCUT2D eigenvalue weighted by atomic mass is 10.0. The van der Waals surface area contributed by atoms with Crippen molar-refractivity contribution in [1.82, 2.24) is 30.2 Å². The molecule has 1 amide bonds. The van der Waals surface area contributed by atoms with Crippen LogP contribution in [0, 0.1) is 12.7 Å². The zero-order chi connectivity index (χ0) is 25.1. The maximum Gasteiger partial charge on any atom is 0.251 e. The van der Waals surface area contributed by atoms with Gasteiger partial charge < -0.3 is 10.3 Å². The van der Waals surface area contributed by atoms with Crippen LogP contribution in [0.25, 0.3) is 33.5 Å². The Morgan fingerprint density at radius 2 is 1.78 bits per heavy atom. The molecule has 180 valence electrons. The summed E-state index contributed by atoms with van der Waals surface area (Å²) in [7, 11) is 0. The van der Waals surface area contributed by atoms with Crippen LogP contribution in [0.15, 0.2) is 67.1 Å². The summed E-state index contributed by atoms with van der Waals surface area (Å²) in [6.45, 7) is 2.38. The smallest absolute Gasteiger partial charge is 0.251 e. The van der Waals surface area contributed by atoms with Crippen LogP contribution in [0.1, 0.15) is 28.2 Å². The molecule has 5 rings (SSSR count). The molecule has 2 N–H and O–H groups in total. The summed E-state index contributed by atoms with van der Waals surface area (Å²) in [5.41, 5.74) is 5.05. The molecule has 0 unspecified atom stereocenters. The van der Waals surface area contributed by atoms with Crippen LogP contribution in [0.5, 0.6) is 0 Å². The van der Waals surface area contributed by atoms with E-state index in [9.17, 15) is 9.18 Å². The third-order valence-electron chi connectivity index (χ3n) is 5.76. The Morgan fingerprint density at radius 1 is 1.00 bits per heavy atom. The van der Waals surface area contributed by atoms with Crippen molar-refractivity contribution in [2.24, 2.45) is 0 Å². The van der Waals surface area contributed by atoms with E-state index in [0.29, 0.717) is 45.2 Å². The molecule has 0 bridgehead atoms. The minimum atomic E-state index is -0.335. The van der Waals surface area contributed by atoms with E-state index in [-0.39, 0.29) is 11.7 Å². The first-order chi connectivity index (χ1) is 17.5. The first kappa shape index (κ1) is 23.6. The number of aromatic nitrogens is 5. The summed E-state index contributed by atoms with van der Waals surface area (Å²) in [5.74, 6) is 0.366. The minimum absolute atomic E-state index is 0.189. The number of rotatable bonds is 7. The van der Waals surface area contributed by atoms with Gasteiger partial charge in [-0.05, 0) is 67.4 Å². The molecule has 36 heavy (non-hydrogen) atoms. The first-order valence-electron chi connectivity index (χ1n) is 11.4. The largest absolute Gasteiger partial charge is 0.352 e. The molecule has 0 radical (unpaired) electrons. The number of aromatic amines is 1. The summed E-state index contributed by atoms with van der Waals surface area (Å²) < 4.78 is 13.6. The van der Waals surface area contributed by atoms with Crippen molar-refractivity contribution in [2.75, 3.05) is 6.54 Å². The zero-order valence-electron chi connectivity index (χ0n) is 19.4. The number of benzene rings is 2. The standard InChI is InChI=1S/C27H22ClFN6O/c1-16-13-19(15-33-26(16)28)25-24(17-4-7-20(29)8-5-17)34-21-9-6-18(14-22(21)35-25)27(36)32-10-2-3-23-30-11-12-31-23/h4-9,11-15H,2-3,10H2,1H3,(H,30,31)(H,32,36). The number of H-pyrrole nitrogens is 1. The van der Waals surface area contributed by atoms with Crippen molar-refractivity contribution < 1.29 is 9.18 Å². The van der Waals surface area contributed by atoms with E-state index in [2.05, 4.69) is 20.3 Å². The van der Waals surface area contributed by atoms with Crippen molar-refractivity contribution in [3.63, 3.8) is 0 Å². The molecule has 0 atom stereocenters. The average Bonchev–Trinajstić information content (AvgIpc) is 3.41. The Bertz CT molecular complexity index is 1540. The molecule has 5 aromatic rings. The van der Waals surface area contributed by atoms with E-state index in [1.807, 2.05) is 13.0 Å². The van der Waals surface area contributed by atoms with E-state index < -0.39 is 0 Å². The highest BCUT2D eigenvalue weighted by Gasteiger charge is 2.16. The van der Waals surface area contributed by atoms with E-state index >= 15 is 0 Å². The highest BCUT2D eigenvalue weighted by molar-refractivity contribution is 6.30. The van der Waals surface area contributed by atoms with E-state index in [1.54, 1.807) is 48.9 Å². The highest BCUT2D eigenvalue weighted by Crippen LogP contribution is 2.32. The van der Waals surface area contributed by atoms with Gasteiger partial charge in [-0.2, -0.15) is 0 Å². The molecular formula is C27H22ClFN6O. The number of aryl methyl sites for hydroxylation is 2. The quantitative estimate of drug-likeness (QED) is 0.226. The molecule has 7 nitrogen and oxygen atoms in total. The second-order valence-electron chi connectivity index (χ2n) is 8.36. The van der Waals surface area contributed by atoms with Crippen LogP contribution in [0.2, 0.25) is 5.15 Å². The topological polar surface area (TPSA) is 96.5 Å². The van der Waals surface area contributed by atoms with Crippen molar-refractivity contribution in [2.45, 2.75) is 19.8 Å². The number of carbonyl (C=O) groups excluding carboxylic acids is 1. The Labute approximate surface area is 211 Å². The van der Waals surface area contributed by atoms with Gasteiger partial charge in [-0.25, -0.2) is 24.3 Å². The van der Waals surface area contributed by atoms with Gasteiger partial charge in [0, 0.05) is 48.2 Å². The van der Waals surface area contributed by atoms with Crippen LogP contribution in [-0.2, 0) is 6.42 Å². The molecule has 3 aromatic heterocycles. The van der Waals surface area contributed by atoms with Crippen molar-refractivity contribution in [3.05, 3.63) is 95.0 Å². The summed E-state index contributed by atoms with van der Waals surface area (Å²) >= 11 is 6.14. The highest BCUT2D eigenvalue weighted by atomic mass is 35.5. The maximum atomic E-state index is 13.6. The Balaban J connectivity index is 1.47. The second kappa shape index (κ2) is 10.2. The van der Waals surface area contributed by atoms with Crippen molar-refractivity contribution >= 4 is 28.5 Å². The summed E-state index contributed by atoms with van der Waals surface area (Å²) in [6, 6.07) is 13.2. The van der Waals surface area contributed by atoms with Crippen LogP contribution in [0.4, 0.5) is 4.39 Å². The molecule has 9 heteroatoms. The lowest BCUT2D eigenvalue weighted by molar-refractivity contribution is 0.0953. The third-order valence-corrected chi connectivity index (χ3v) is 6.16. The van der Waals surface area contributed by atoms with Crippen LogP contribution in [-0.4, -0.2) is 37.4 Å². The van der Waals surface area contributed by atoms with Gasteiger partial charge in [-0.1, -0.05) is 11.6 Å². The molecule has 0 spiro atoms. The lowest BCUT2D eigenvalue weighted by Gasteiger charge is -2.12. The van der Waals surface area contributed by atoms with Gasteiger partial charge in [-0.3, -0.25) is 4.79 Å². The normalized spacial score (nSPS) is 11.1. The molecule has 3 heterocycles. The summed E-state index contributed by atoms with van der Waals surface area (Å²) in [6.07, 6.45) is 6.64. The minimum Gasteiger partial charge on any atom is -0.352 e. The molecule has 0 aliphatic heterocycles. The monoisotopic (exact) mass is 500 g/mol. The number of hydrogen-bond acceptors (Lipinski definition) is 5. The van der Waals surface area contributed by atoms with Gasteiger partial charge in [0.25, 0.3) is 5.91 Å². The number of imidazole rings is 1. The van der Waals surface area contributed by atoms with E-state index in [0.717, 1.165) is 29.8 Å². The molecule has 2 aromatic carbocycles. The number of carbonyl (C=O) groups is 1. The van der Waals surface area contributed by atoms with Gasteiger partial charge in [0.05, 0.1) is 22.4 Å². The van der Waals surface area contributed by atoms with Gasteiger partial charge in [-0.15, -0.1) is 0 Å². The fourth-order valence-electron chi connectivity index (χ4n) is 3.89. The predicted molar refractivity (Wildman–Crippen MR) is 137 cm³/mol. The molecular weight excluding hydrogens is 479 g/mol. The Hall–Kier alpha value is -4.17. The number of hydrogen-bond donors (Lipinski definition) is 2. The predicted octanol–water partition coefficient (Wildman–Crippen LogP) is 5.55. The van der Waals surface area contributed by atoms with Crippen LogP contribution in [0.3, 0.4) is 0 Å². The average molecular weight is 501 g/mol. The lowest BCUT2D eigenvalue weighted by Crippen LogP contribution is -2.24. The van der Waals surface area contributed by atoms with Crippen molar-refractivity contribution in [3.8, 4) is 22.5 Å². The molecule has 0 saturated heterocycles. The summed E-state index contributed by atoms with van der Waals surface area (Å²) in [4.78, 5) is 33.9. The number of amides is 1. The Morgan fingerprint density at radius 3 is 2.53 bits per heavy atom. The van der Waals surface area contributed by atoms with Crippen molar-refractivity contribution in [1.29, 1.82) is 0 Å². The number of halogens is 2. The molecule has 0 saturated carbocycles. The van der Waals surface area contributed by atoms with Gasteiger partial charge in [0.15, 0.2) is 0 Å². The molecule has 0 fully saturated rings. The second-order valence-corrected chi connectivity index (χ2v) is 8.72. The van der Waals surface area contributed by atoms with Gasteiger partial charge in [0.1, 0.15) is 16.8 Å². The van der Waals surface area contributed by atoms with Gasteiger partial charge in [0.2, 0.25) is 0 Å². The first-order valence-corrected chi connectivity index (χ1v) is 11.8. The Kier molecular flexibility index (Phi) is 6.69. The number of nitrogens with one attached hydrogen (secondary N) is 2. The number of fused-ring (bicyclic) bond motifs is 1. The zero-order valence-corrected chi connectivity index (χ0v) is 20.2. The summed E-state index contributed by atoms with van der Waals surface area (Å²) in [5, 5.41) is 3.34. The maximum absolute atomic E-state index is 13.6. The number of pyridine rings is 1. The van der Waals surface area contributed by atoms with Crippen LogP contribution < -0.4 is 5.32 Å².